The smallest absolute Gasteiger partial charge is 0.335 e. The van der Waals surface area contributed by atoms with E-state index in [0.717, 1.165) is 5.56 Å². The number of rotatable bonds is 4. The number of carboxylic acid groups (broad SMARTS) is 1. The van der Waals surface area contributed by atoms with E-state index in [1.807, 2.05) is 26.8 Å². The van der Waals surface area contributed by atoms with Gasteiger partial charge in [-0.05, 0) is 42.3 Å². The molecule has 3 aromatic rings. The average Bonchev–Trinajstić information content (AvgIpc) is 2.60. The molecule has 1 unspecified atom stereocenters. The molecule has 1 atom stereocenters. The highest BCUT2D eigenvalue weighted by Gasteiger charge is 2.17. The molecule has 0 spiro atoms. The third-order valence-electron chi connectivity index (χ3n) is 4.11. The van der Waals surface area contributed by atoms with Crippen LogP contribution in [0.3, 0.4) is 0 Å². The minimum absolute atomic E-state index is 0.0248. The zero-order chi connectivity index (χ0) is 18.3. The third kappa shape index (κ3) is 2.98. The molecule has 2 aromatic carbocycles. The van der Waals surface area contributed by atoms with Gasteiger partial charge < -0.3 is 9.52 Å². The number of carbonyl (C=O) groups is 1. The van der Waals surface area contributed by atoms with Crippen LogP contribution >= 0.6 is 0 Å². The second-order valence-corrected chi connectivity index (χ2v) is 8.12. The lowest BCUT2D eigenvalue weighted by molar-refractivity contribution is 0.0697. The summed E-state index contributed by atoms with van der Waals surface area (Å²) in [5.41, 5.74) is 1.33. The van der Waals surface area contributed by atoms with Crippen LogP contribution in [0.5, 0.6) is 0 Å². The van der Waals surface area contributed by atoms with Crippen LogP contribution in [-0.4, -0.2) is 20.5 Å². The van der Waals surface area contributed by atoms with E-state index >= 15 is 0 Å². The van der Waals surface area contributed by atoms with Crippen molar-refractivity contribution >= 4 is 38.7 Å². The van der Waals surface area contributed by atoms with E-state index in [0.29, 0.717) is 27.9 Å². The predicted octanol–water partition coefficient (Wildman–Crippen LogP) is 3.72. The monoisotopic (exact) mass is 358 g/mol. The predicted molar refractivity (Wildman–Crippen MR) is 97.9 cm³/mol. The summed E-state index contributed by atoms with van der Waals surface area (Å²) in [4.78, 5) is 24.7. The van der Waals surface area contributed by atoms with Gasteiger partial charge in [-0.25, -0.2) is 4.79 Å². The fraction of sp³-hybridized carbons (Fsp3) is 0.263. The Morgan fingerprint density at radius 2 is 1.92 bits per heavy atom. The van der Waals surface area contributed by atoms with Gasteiger partial charge in [0, 0.05) is 10.1 Å². The summed E-state index contributed by atoms with van der Waals surface area (Å²) < 4.78 is 18.4. The topological polar surface area (TPSA) is 84.6 Å². The first-order valence-electron chi connectivity index (χ1n) is 8.00. The van der Waals surface area contributed by atoms with Crippen LogP contribution in [0, 0.1) is 0 Å². The van der Waals surface area contributed by atoms with Crippen LogP contribution < -0.4 is 5.43 Å². The van der Waals surface area contributed by atoms with Gasteiger partial charge in [-0.2, -0.15) is 0 Å². The molecule has 25 heavy (non-hydrogen) atoms. The van der Waals surface area contributed by atoms with Crippen molar-refractivity contribution in [1.29, 1.82) is 0 Å². The van der Waals surface area contributed by atoms with Crippen LogP contribution in [0.25, 0.3) is 21.9 Å². The zero-order valence-corrected chi connectivity index (χ0v) is 15.0. The van der Waals surface area contributed by atoms with E-state index in [1.54, 1.807) is 6.07 Å². The maximum atomic E-state index is 12.9. The largest absolute Gasteiger partial charge is 0.478 e. The number of aryl methyl sites for hydroxylation is 1. The van der Waals surface area contributed by atoms with Crippen LogP contribution in [-0.2, 0) is 17.2 Å². The Kier molecular flexibility index (Phi) is 4.47. The average molecular weight is 358 g/mol. The first kappa shape index (κ1) is 17.4. The van der Waals surface area contributed by atoms with Crippen LogP contribution in [0.1, 0.15) is 36.7 Å². The maximum Gasteiger partial charge on any atom is 0.335 e. The summed E-state index contributed by atoms with van der Waals surface area (Å²) in [5.74, 6) is -1.11. The number of aromatic carboxylic acids is 1. The van der Waals surface area contributed by atoms with Crippen molar-refractivity contribution in [2.24, 2.45) is 0 Å². The van der Waals surface area contributed by atoms with E-state index in [4.69, 9.17) is 9.52 Å². The fourth-order valence-electron chi connectivity index (χ4n) is 2.78. The highest BCUT2D eigenvalue weighted by atomic mass is 32.2. The first-order valence-corrected chi connectivity index (χ1v) is 9.22. The molecule has 0 saturated carbocycles. The quantitative estimate of drug-likeness (QED) is 0.719. The Labute approximate surface area is 146 Å². The van der Waals surface area contributed by atoms with Gasteiger partial charge in [-0.3, -0.25) is 9.00 Å². The zero-order valence-electron chi connectivity index (χ0n) is 14.2. The van der Waals surface area contributed by atoms with Crippen LogP contribution in [0.2, 0.25) is 0 Å². The van der Waals surface area contributed by atoms with Crippen LogP contribution in [0.4, 0.5) is 0 Å². The van der Waals surface area contributed by atoms with Gasteiger partial charge >= 0.3 is 5.97 Å². The Bertz CT molecular complexity index is 1080. The molecular weight excluding hydrogens is 340 g/mol. The number of benzene rings is 2. The molecule has 130 valence electrons. The van der Waals surface area contributed by atoms with Gasteiger partial charge in [0.2, 0.25) is 5.43 Å². The van der Waals surface area contributed by atoms with Crippen molar-refractivity contribution in [1.82, 2.24) is 0 Å². The lowest BCUT2D eigenvalue weighted by Crippen LogP contribution is -2.09. The van der Waals surface area contributed by atoms with E-state index in [9.17, 15) is 13.8 Å². The van der Waals surface area contributed by atoms with Crippen molar-refractivity contribution in [2.75, 3.05) is 0 Å². The van der Waals surface area contributed by atoms with Gasteiger partial charge in [-0.15, -0.1) is 0 Å². The molecular formula is C19H18O5S. The van der Waals surface area contributed by atoms with Crippen molar-refractivity contribution in [3.05, 3.63) is 51.7 Å². The van der Waals surface area contributed by atoms with E-state index in [1.165, 1.54) is 18.2 Å². The molecule has 1 heterocycles. The minimum atomic E-state index is -1.23. The van der Waals surface area contributed by atoms with E-state index in [2.05, 4.69) is 0 Å². The van der Waals surface area contributed by atoms with Crippen molar-refractivity contribution in [3.8, 4) is 0 Å². The molecule has 0 aliphatic heterocycles. The number of hydrogen-bond donors (Lipinski definition) is 1. The molecule has 5 nitrogen and oxygen atoms in total. The first-order chi connectivity index (χ1) is 11.8. The van der Waals surface area contributed by atoms with Gasteiger partial charge in [-0.1, -0.05) is 20.8 Å². The summed E-state index contributed by atoms with van der Waals surface area (Å²) in [6, 6.07) is 7.65. The maximum absolute atomic E-state index is 12.9. The highest BCUT2D eigenvalue weighted by Crippen LogP contribution is 2.26. The molecule has 3 rings (SSSR count). The molecule has 0 radical (unpaired) electrons. The van der Waals surface area contributed by atoms with E-state index in [-0.39, 0.29) is 21.6 Å². The number of carboxylic acids is 1. The molecule has 1 N–H and O–H groups in total. The Balaban J connectivity index is 2.41. The molecule has 0 fully saturated rings. The molecule has 6 heteroatoms. The van der Waals surface area contributed by atoms with Crippen LogP contribution in [0.15, 0.2) is 44.4 Å². The van der Waals surface area contributed by atoms with Gasteiger partial charge in [0.1, 0.15) is 11.2 Å². The van der Waals surface area contributed by atoms with Crippen molar-refractivity contribution in [3.63, 3.8) is 0 Å². The fourth-order valence-corrected chi connectivity index (χ4v) is 3.82. The summed E-state index contributed by atoms with van der Waals surface area (Å²) in [7, 11) is -1.23. The summed E-state index contributed by atoms with van der Waals surface area (Å²) >= 11 is 0. The third-order valence-corrected chi connectivity index (χ3v) is 5.67. The van der Waals surface area contributed by atoms with Gasteiger partial charge in [0.15, 0.2) is 0 Å². The van der Waals surface area contributed by atoms with Gasteiger partial charge in [0.25, 0.3) is 0 Å². The Morgan fingerprint density at radius 1 is 1.20 bits per heavy atom. The van der Waals surface area contributed by atoms with Crippen molar-refractivity contribution in [2.45, 2.75) is 37.3 Å². The summed E-state index contributed by atoms with van der Waals surface area (Å²) in [6.07, 6.45) is 0.626. The van der Waals surface area contributed by atoms with Gasteiger partial charge in [0.05, 0.1) is 27.1 Å². The molecule has 0 aliphatic rings. The normalized spacial score (nSPS) is 12.8. The number of fused-ring (bicyclic) bond motifs is 2. The summed E-state index contributed by atoms with van der Waals surface area (Å²) in [6.45, 7) is 5.65. The molecule has 1 aromatic heterocycles. The SMILES string of the molecule is CCc1cc(S(=O)C(C)C)cc2c(=O)c3cc(C(=O)O)ccc3oc12. The molecule has 0 saturated heterocycles. The second kappa shape index (κ2) is 6.44. The molecule has 0 bridgehead atoms. The molecule has 0 amide bonds. The Morgan fingerprint density at radius 3 is 2.52 bits per heavy atom. The van der Waals surface area contributed by atoms with Crippen molar-refractivity contribution < 1.29 is 18.5 Å². The summed E-state index contributed by atoms with van der Waals surface area (Å²) in [5, 5.41) is 9.60. The number of hydrogen-bond acceptors (Lipinski definition) is 4. The second-order valence-electron chi connectivity index (χ2n) is 6.11. The Hall–Kier alpha value is -2.47. The highest BCUT2D eigenvalue weighted by molar-refractivity contribution is 7.85. The standard InChI is InChI=1S/C19H18O5S/c1-4-11-7-13(25(23)10(2)3)9-15-17(20)14-8-12(19(21)22)5-6-16(14)24-18(11)15/h5-10H,4H2,1-3H3,(H,21,22). The lowest BCUT2D eigenvalue weighted by Gasteiger charge is -2.11. The minimum Gasteiger partial charge on any atom is -0.478 e. The molecule has 0 aliphatic carbocycles. The lowest BCUT2D eigenvalue weighted by atomic mass is 10.1. The van der Waals surface area contributed by atoms with E-state index < -0.39 is 16.8 Å².